The second-order valence-electron chi connectivity index (χ2n) is 5.85. The molecule has 0 heterocycles. The van der Waals surface area contributed by atoms with Gasteiger partial charge in [0.2, 0.25) is 0 Å². The molecule has 0 amide bonds. The maximum Gasteiger partial charge on any atom is 0.127 e. The fourth-order valence-corrected chi connectivity index (χ4v) is 3.11. The van der Waals surface area contributed by atoms with E-state index >= 15 is 0 Å². The highest BCUT2D eigenvalue weighted by molar-refractivity contribution is 5.89. The van der Waals surface area contributed by atoms with Gasteiger partial charge in [-0.1, -0.05) is 72.8 Å². The SMILES string of the molecule is Cc1ccc2ccccc2c1COc1cccc2ccccc12. The molecule has 4 rings (SSSR count). The summed E-state index contributed by atoms with van der Waals surface area (Å²) >= 11 is 0. The number of hydrogen-bond donors (Lipinski definition) is 0. The quantitative estimate of drug-likeness (QED) is 0.459. The van der Waals surface area contributed by atoms with E-state index in [0.29, 0.717) is 6.61 Å². The van der Waals surface area contributed by atoms with Gasteiger partial charge in [0, 0.05) is 10.9 Å². The minimum absolute atomic E-state index is 0.585. The minimum atomic E-state index is 0.585. The fourth-order valence-electron chi connectivity index (χ4n) is 3.11. The monoisotopic (exact) mass is 298 g/mol. The Bertz CT molecular complexity index is 980. The molecule has 4 aromatic carbocycles. The first kappa shape index (κ1) is 13.8. The van der Waals surface area contributed by atoms with Gasteiger partial charge in [0.05, 0.1) is 0 Å². The number of aryl methyl sites for hydroxylation is 1. The van der Waals surface area contributed by atoms with Crippen molar-refractivity contribution in [3.05, 3.63) is 90.0 Å². The largest absolute Gasteiger partial charge is 0.488 e. The Balaban J connectivity index is 1.73. The molecule has 1 heteroatoms. The van der Waals surface area contributed by atoms with Crippen LogP contribution in [0.1, 0.15) is 11.1 Å². The van der Waals surface area contributed by atoms with Crippen molar-refractivity contribution in [2.75, 3.05) is 0 Å². The van der Waals surface area contributed by atoms with E-state index in [1.807, 2.05) is 12.1 Å². The molecule has 0 unspecified atom stereocenters. The highest BCUT2D eigenvalue weighted by Crippen LogP contribution is 2.28. The van der Waals surface area contributed by atoms with Gasteiger partial charge < -0.3 is 4.74 Å². The molecular formula is C22H18O. The summed E-state index contributed by atoms with van der Waals surface area (Å²) in [5, 5.41) is 4.90. The third-order valence-corrected chi connectivity index (χ3v) is 4.40. The lowest BCUT2D eigenvalue weighted by Crippen LogP contribution is -1.99. The van der Waals surface area contributed by atoms with Crippen LogP contribution in [0.25, 0.3) is 21.5 Å². The molecule has 0 atom stereocenters. The van der Waals surface area contributed by atoms with E-state index < -0.39 is 0 Å². The van der Waals surface area contributed by atoms with Crippen LogP contribution in [-0.4, -0.2) is 0 Å². The molecule has 0 saturated carbocycles. The molecular weight excluding hydrogens is 280 g/mol. The number of hydrogen-bond acceptors (Lipinski definition) is 1. The fraction of sp³-hybridized carbons (Fsp3) is 0.0909. The molecule has 0 radical (unpaired) electrons. The lowest BCUT2D eigenvalue weighted by atomic mass is 10.0. The molecule has 23 heavy (non-hydrogen) atoms. The Morgan fingerprint density at radius 1 is 0.652 bits per heavy atom. The van der Waals surface area contributed by atoms with Gasteiger partial charge in [-0.3, -0.25) is 0 Å². The lowest BCUT2D eigenvalue weighted by Gasteiger charge is -2.13. The zero-order chi connectivity index (χ0) is 15.6. The molecule has 0 aliphatic rings. The summed E-state index contributed by atoms with van der Waals surface area (Å²) in [7, 11) is 0. The van der Waals surface area contributed by atoms with Crippen LogP contribution in [0.5, 0.6) is 5.75 Å². The van der Waals surface area contributed by atoms with E-state index in [4.69, 9.17) is 4.74 Å². The van der Waals surface area contributed by atoms with Crippen molar-refractivity contribution >= 4 is 21.5 Å². The standard InChI is InChI=1S/C22H18O/c1-16-13-14-18-8-2-4-10-19(18)21(16)15-23-22-12-6-9-17-7-3-5-11-20(17)22/h2-14H,15H2,1H3. The highest BCUT2D eigenvalue weighted by atomic mass is 16.5. The average Bonchev–Trinajstić information content (AvgIpc) is 2.61. The van der Waals surface area contributed by atoms with Crippen molar-refractivity contribution in [3.63, 3.8) is 0 Å². The summed E-state index contributed by atoms with van der Waals surface area (Å²) in [6.45, 7) is 2.73. The number of ether oxygens (including phenoxy) is 1. The van der Waals surface area contributed by atoms with Gasteiger partial charge in [-0.25, -0.2) is 0 Å². The maximum absolute atomic E-state index is 6.19. The van der Waals surface area contributed by atoms with Crippen LogP contribution in [0.15, 0.2) is 78.9 Å². The van der Waals surface area contributed by atoms with Crippen LogP contribution in [0, 0.1) is 6.92 Å². The van der Waals surface area contributed by atoms with Crippen LogP contribution < -0.4 is 4.74 Å². The lowest BCUT2D eigenvalue weighted by molar-refractivity contribution is 0.311. The average molecular weight is 298 g/mol. The third-order valence-electron chi connectivity index (χ3n) is 4.40. The topological polar surface area (TPSA) is 9.23 Å². The van der Waals surface area contributed by atoms with E-state index in [-0.39, 0.29) is 0 Å². The summed E-state index contributed by atoms with van der Waals surface area (Å²) in [6, 6.07) is 27.4. The first-order valence-corrected chi connectivity index (χ1v) is 7.91. The normalized spacial score (nSPS) is 11.0. The first-order valence-electron chi connectivity index (χ1n) is 7.91. The summed E-state index contributed by atoms with van der Waals surface area (Å²) < 4.78 is 6.19. The zero-order valence-electron chi connectivity index (χ0n) is 13.1. The van der Waals surface area contributed by atoms with Crippen molar-refractivity contribution in [3.8, 4) is 5.75 Å². The van der Waals surface area contributed by atoms with Crippen LogP contribution in [0.2, 0.25) is 0 Å². The zero-order valence-corrected chi connectivity index (χ0v) is 13.1. The number of fused-ring (bicyclic) bond motifs is 2. The Labute approximate surface area is 136 Å². The molecule has 0 spiro atoms. The smallest absolute Gasteiger partial charge is 0.127 e. The highest BCUT2D eigenvalue weighted by Gasteiger charge is 2.07. The van der Waals surface area contributed by atoms with Crippen molar-refractivity contribution in [1.82, 2.24) is 0 Å². The molecule has 0 aromatic heterocycles. The van der Waals surface area contributed by atoms with E-state index in [0.717, 1.165) is 11.1 Å². The summed E-state index contributed by atoms with van der Waals surface area (Å²) in [5.74, 6) is 0.940. The van der Waals surface area contributed by atoms with Crippen LogP contribution in [-0.2, 0) is 6.61 Å². The van der Waals surface area contributed by atoms with Crippen LogP contribution >= 0.6 is 0 Å². The summed E-state index contributed by atoms with van der Waals surface area (Å²) in [5.41, 5.74) is 2.53. The molecule has 112 valence electrons. The summed E-state index contributed by atoms with van der Waals surface area (Å²) in [6.07, 6.45) is 0. The predicted octanol–water partition coefficient (Wildman–Crippen LogP) is 5.88. The predicted molar refractivity (Wildman–Crippen MR) is 97.0 cm³/mol. The second-order valence-corrected chi connectivity index (χ2v) is 5.85. The van der Waals surface area contributed by atoms with E-state index in [1.165, 1.54) is 27.3 Å². The van der Waals surface area contributed by atoms with E-state index in [2.05, 4.69) is 73.7 Å². The van der Waals surface area contributed by atoms with Crippen LogP contribution in [0.3, 0.4) is 0 Å². The van der Waals surface area contributed by atoms with Crippen molar-refractivity contribution in [1.29, 1.82) is 0 Å². The van der Waals surface area contributed by atoms with Crippen molar-refractivity contribution < 1.29 is 4.74 Å². The van der Waals surface area contributed by atoms with E-state index in [1.54, 1.807) is 0 Å². The molecule has 1 nitrogen and oxygen atoms in total. The minimum Gasteiger partial charge on any atom is -0.488 e. The van der Waals surface area contributed by atoms with Gasteiger partial charge in [0.1, 0.15) is 12.4 Å². The second kappa shape index (κ2) is 5.77. The Morgan fingerprint density at radius 3 is 2.13 bits per heavy atom. The van der Waals surface area contributed by atoms with Gasteiger partial charge in [-0.05, 0) is 34.7 Å². The van der Waals surface area contributed by atoms with Crippen molar-refractivity contribution in [2.24, 2.45) is 0 Å². The van der Waals surface area contributed by atoms with E-state index in [9.17, 15) is 0 Å². The van der Waals surface area contributed by atoms with Gasteiger partial charge in [0.25, 0.3) is 0 Å². The molecule has 0 bridgehead atoms. The molecule has 0 fully saturated rings. The number of benzene rings is 4. The molecule has 4 aromatic rings. The first-order chi connectivity index (χ1) is 11.3. The van der Waals surface area contributed by atoms with Gasteiger partial charge in [-0.2, -0.15) is 0 Å². The van der Waals surface area contributed by atoms with Crippen LogP contribution in [0.4, 0.5) is 0 Å². The Kier molecular flexibility index (Phi) is 3.47. The van der Waals surface area contributed by atoms with Gasteiger partial charge in [-0.15, -0.1) is 0 Å². The van der Waals surface area contributed by atoms with Gasteiger partial charge in [0.15, 0.2) is 0 Å². The molecule has 0 aliphatic carbocycles. The number of rotatable bonds is 3. The summed E-state index contributed by atoms with van der Waals surface area (Å²) in [4.78, 5) is 0. The maximum atomic E-state index is 6.19. The Morgan fingerprint density at radius 2 is 1.30 bits per heavy atom. The molecule has 0 N–H and O–H groups in total. The van der Waals surface area contributed by atoms with Gasteiger partial charge >= 0.3 is 0 Å². The Hall–Kier alpha value is -2.80. The molecule has 0 aliphatic heterocycles. The van der Waals surface area contributed by atoms with Crippen molar-refractivity contribution in [2.45, 2.75) is 13.5 Å². The third kappa shape index (κ3) is 2.55. The molecule has 0 saturated heterocycles.